The fourth-order valence-electron chi connectivity index (χ4n) is 6.71. The molecule has 7 aromatic rings. The van der Waals surface area contributed by atoms with Crippen LogP contribution in [-0.4, -0.2) is 27.0 Å². The lowest BCUT2D eigenvalue weighted by Gasteiger charge is -2.13. The molecule has 1 heterocycles. The first-order chi connectivity index (χ1) is 25.8. The molecule has 6 aromatic carbocycles. The lowest BCUT2D eigenvalue weighted by Crippen LogP contribution is -2.86. The van der Waals surface area contributed by atoms with Crippen LogP contribution in [0.4, 0.5) is 17.1 Å². The molecule has 53 heavy (non-hydrogen) atoms. The largest absolute Gasteiger partial charge is 0.508 e. The predicted molar refractivity (Wildman–Crippen MR) is 214 cm³/mol. The number of fused-ring (bicyclic) bond motifs is 3. The number of phenolic OH excluding ortho intramolecular Hbond substituents is 3. The molecular formula is C44H41N6O3+. The van der Waals surface area contributed by atoms with E-state index in [0.29, 0.717) is 17.8 Å². The second-order valence-corrected chi connectivity index (χ2v) is 12.9. The monoisotopic (exact) mass is 701 g/mol. The molecule has 0 fully saturated rings. The van der Waals surface area contributed by atoms with Gasteiger partial charge in [0.25, 0.3) is 0 Å². The molecule has 0 amide bonds. The highest BCUT2D eigenvalue weighted by molar-refractivity contribution is 5.92. The van der Waals surface area contributed by atoms with E-state index >= 15 is 0 Å². The zero-order valence-electron chi connectivity index (χ0n) is 29.3. The molecule has 0 radical (unpaired) electrons. The number of benzene rings is 6. The van der Waals surface area contributed by atoms with Crippen LogP contribution in [0.15, 0.2) is 138 Å². The van der Waals surface area contributed by atoms with Crippen molar-refractivity contribution in [2.45, 2.75) is 19.3 Å². The molecule has 9 N–H and O–H groups in total. The van der Waals surface area contributed by atoms with Gasteiger partial charge in [0.15, 0.2) is 0 Å². The summed E-state index contributed by atoms with van der Waals surface area (Å²) in [4.78, 5) is 0. The summed E-state index contributed by atoms with van der Waals surface area (Å²) < 4.78 is 2.07. The van der Waals surface area contributed by atoms with Crippen LogP contribution >= 0.6 is 0 Å². The Morgan fingerprint density at radius 3 is 2.38 bits per heavy atom. The molecule has 1 aliphatic rings. The van der Waals surface area contributed by atoms with Gasteiger partial charge in [-0.15, -0.1) is 5.11 Å². The third kappa shape index (κ3) is 7.46. The second kappa shape index (κ2) is 15.2. The molecule has 264 valence electrons. The third-order valence-electron chi connectivity index (χ3n) is 9.39. The van der Waals surface area contributed by atoms with Gasteiger partial charge in [-0.1, -0.05) is 84.9 Å². The Morgan fingerprint density at radius 1 is 0.755 bits per heavy atom. The lowest BCUT2D eigenvalue weighted by atomic mass is 9.95. The summed E-state index contributed by atoms with van der Waals surface area (Å²) in [6.45, 7) is 0. The zero-order valence-corrected chi connectivity index (χ0v) is 29.3. The fraction of sp³-hybridized carbons (Fsp3) is 0.0909. The maximum Gasteiger partial charge on any atom is 0.143 e. The number of allylic oxidation sites excluding steroid dienone is 1. The van der Waals surface area contributed by atoms with Crippen molar-refractivity contribution in [3.63, 3.8) is 0 Å². The number of nitrogen functional groups attached to an aromatic ring is 2. The highest BCUT2D eigenvalue weighted by Crippen LogP contribution is 2.32. The van der Waals surface area contributed by atoms with Crippen LogP contribution in [0.3, 0.4) is 0 Å². The minimum absolute atomic E-state index is 0.0135. The van der Waals surface area contributed by atoms with E-state index in [1.807, 2.05) is 85.3 Å². The van der Waals surface area contributed by atoms with Gasteiger partial charge in [-0.2, -0.15) is 9.79 Å². The van der Waals surface area contributed by atoms with E-state index in [4.69, 9.17) is 11.5 Å². The van der Waals surface area contributed by atoms with E-state index in [9.17, 15) is 15.3 Å². The van der Waals surface area contributed by atoms with Gasteiger partial charge in [0.05, 0.1) is 23.8 Å². The number of nitrogens with two attached hydrogens (primary N) is 3. The molecular weight excluding hydrogens is 661 g/mol. The molecule has 9 heteroatoms. The quantitative estimate of drug-likeness (QED) is 0.0496. The smallest absolute Gasteiger partial charge is 0.143 e. The van der Waals surface area contributed by atoms with E-state index in [1.165, 1.54) is 10.9 Å². The molecule has 0 spiro atoms. The molecule has 0 saturated carbocycles. The van der Waals surface area contributed by atoms with Gasteiger partial charge in [-0.25, -0.2) is 5.43 Å². The van der Waals surface area contributed by atoms with Gasteiger partial charge in [0.1, 0.15) is 28.5 Å². The van der Waals surface area contributed by atoms with Crippen LogP contribution in [0.25, 0.3) is 39.5 Å². The zero-order chi connectivity index (χ0) is 36.9. The maximum absolute atomic E-state index is 10.8. The van der Waals surface area contributed by atoms with Crippen molar-refractivity contribution in [2.75, 3.05) is 18.5 Å². The number of phenols is 3. The first-order valence-electron chi connectivity index (χ1n) is 17.5. The highest BCUT2D eigenvalue weighted by Gasteiger charge is 2.13. The Morgan fingerprint density at radius 2 is 1.57 bits per heavy atom. The molecule has 0 unspecified atom stereocenters. The number of aromatic hydroxyl groups is 3. The maximum atomic E-state index is 10.8. The molecule has 0 aliphatic heterocycles. The summed E-state index contributed by atoms with van der Waals surface area (Å²) in [5, 5.41) is 45.0. The Labute approximate surface area is 306 Å². The number of rotatable bonds is 6. The topological polar surface area (TPSA) is 159 Å². The van der Waals surface area contributed by atoms with Crippen molar-refractivity contribution in [1.82, 2.24) is 4.68 Å². The number of hydrogen-bond acceptors (Lipinski definition) is 7. The predicted octanol–water partition coefficient (Wildman–Crippen LogP) is 6.64. The number of anilines is 2. The Balaban J connectivity index is 0.000000336. The second-order valence-electron chi connectivity index (χ2n) is 12.9. The van der Waals surface area contributed by atoms with Crippen LogP contribution in [0.1, 0.15) is 28.7 Å². The van der Waals surface area contributed by atoms with Crippen LogP contribution in [0.5, 0.6) is 17.2 Å². The molecule has 8 rings (SSSR count). The summed E-state index contributed by atoms with van der Waals surface area (Å²) in [6, 6.07) is 38.1. The molecule has 9 nitrogen and oxygen atoms in total. The number of hydrogen-bond donors (Lipinski definition) is 6. The summed E-state index contributed by atoms with van der Waals surface area (Å²) in [6.07, 6.45) is 8.56. The van der Waals surface area contributed by atoms with Crippen LogP contribution in [0, 0.1) is 0 Å². The van der Waals surface area contributed by atoms with Crippen LogP contribution in [0.2, 0.25) is 0 Å². The number of aryl methyl sites for hydroxylation is 1. The average molecular weight is 702 g/mol. The minimum Gasteiger partial charge on any atom is -0.508 e. The minimum atomic E-state index is 0.0135. The number of aromatic nitrogens is 1. The molecule has 0 atom stereocenters. The van der Waals surface area contributed by atoms with Crippen molar-refractivity contribution in [2.24, 2.45) is 10.2 Å². The van der Waals surface area contributed by atoms with Crippen molar-refractivity contribution < 1.29 is 20.7 Å². The van der Waals surface area contributed by atoms with Gasteiger partial charge in [-0.3, -0.25) is 0 Å². The molecule has 0 saturated heterocycles. The van der Waals surface area contributed by atoms with E-state index in [2.05, 4.69) is 45.3 Å². The average Bonchev–Trinajstić information content (AvgIpc) is 3.46. The Bertz CT molecular complexity index is 2650. The normalized spacial score (nSPS) is 13.3. The van der Waals surface area contributed by atoms with Gasteiger partial charge >= 0.3 is 0 Å². The van der Waals surface area contributed by atoms with E-state index in [0.717, 1.165) is 67.8 Å². The molecule has 1 aromatic heterocycles. The number of quaternary nitrogens is 1. The highest BCUT2D eigenvalue weighted by atomic mass is 16.3. The van der Waals surface area contributed by atoms with Crippen molar-refractivity contribution in [3.8, 4) is 17.2 Å². The first kappa shape index (κ1) is 34.6. The van der Waals surface area contributed by atoms with Gasteiger partial charge in [-0.05, 0) is 95.9 Å². The van der Waals surface area contributed by atoms with Gasteiger partial charge < -0.3 is 26.8 Å². The Hall–Kier alpha value is -6.84. The lowest BCUT2D eigenvalue weighted by molar-refractivity contribution is -0.682. The fourth-order valence-corrected chi connectivity index (χ4v) is 6.71. The molecule has 1 aliphatic carbocycles. The number of nitrogens with zero attached hydrogens (tertiary/aromatic N) is 3. The summed E-state index contributed by atoms with van der Waals surface area (Å²) in [5.41, 5.74) is 20.9. The summed E-state index contributed by atoms with van der Waals surface area (Å²) in [5.74, 6) is 0.241. The summed E-state index contributed by atoms with van der Waals surface area (Å²) in [7, 11) is 1.95. The Kier molecular flexibility index (Phi) is 9.91. The summed E-state index contributed by atoms with van der Waals surface area (Å²) >= 11 is 0. The van der Waals surface area contributed by atoms with Crippen molar-refractivity contribution >= 4 is 56.6 Å². The van der Waals surface area contributed by atoms with Gasteiger partial charge in [0, 0.05) is 27.2 Å². The van der Waals surface area contributed by atoms with Crippen LogP contribution < -0.4 is 27.5 Å². The standard InChI is InChI=1S/C34H31N5O3.C10H9N/c1-36-39-31(26(27-20-24(40)12-16-32(27)39)17-22-9-13-28(35)33(41)19-22)15-11-21-10-14-30(34(42)18-21)38-37-29-8-4-6-23-5-2-3-7-25(23)29;11-10-7-3-5-8-4-1-2-6-9(8)10/h2-3,5,7-10,12-20,36,40-42H,4,6,11,35H2,1H3;1-7H,11H2/p+1/b26-17-,31-15-,38-37?;. The SMILES string of the molecule is C[NH2+]n1c(=C\Cc2ccc(N=NC3=CCCc4ccccc43)c(O)c2)/c(=C\c2ccc(N)c(O)c2)c2cc(O)ccc21.Nc1cccc2ccccc12. The van der Waals surface area contributed by atoms with Crippen LogP contribution in [-0.2, 0) is 12.8 Å². The van der Waals surface area contributed by atoms with E-state index < -0.39 is 0 Å². The van der Waals surface area contributed by atoms with Crippen molar-refractivity contribution in [3.05, 3.63) is 160 Å². The number of azo groups is 1. The first-order valence-corrected chi connectivity index (χ1v) is 17.5. The third-order valence-corrected chi connectivity index (χ3v) is 9.39. The molecule has 0 bridgehead atoms. The van der Waals surface area contributed by atoms with E-state index in [-0.39, 0.29) is 17.2 Å². The van der Waals surface area contributed by atoms with Crippen molar-refractivity contribution in [1.29, 1.82) is 0 Å². The van der Waals surface area contributed by atoms with Gasteiger partial charge in [0.2, 0.25) is 0 Å². The van der Waals surface area contributed by atoms with E-state index in [1.54, 1.807) is 36.4 Å².